The molecule has 1 aliphatic rings. The van der Waals surface area contributed by atoms with E-state index in [9.17, 15) is 5.11 Å². The van der Waals surface area contributed by atoms with E-state index in [1.165, 1.54) is 22.4 Å². The van der Waals surface area contributed by atoms with Crippen LogP contribution in [0.2, 0.25) is 0 Å². The Hall–Kier alpha value is -1.80. The third kappa shape index (κ3) is 3.74. The predicted octanol–water partition coefficient (Wildman–Crippen LogP) is 5.64. The van der Waals surface area contributed by atoms with E-state index in [2.05, 4.69) is 81.5 Å². The van der Waals surface area contributed by atoms with Gasteiger partial charge in [-0.2, -0.15) is 0 Å². The lowest BCUT2D eigenvalue weighted by molar-refractivity contribution is 0.253. The SMILES string of the molecule is CC1c2cc(C(C)(C)C)ccc2N[C@H](c2ccccc2)[C@@H]1CCCO. The summed E-state index contributed by atoms with van der Waals surface area (Å²) in [5, 5.41) is 13.2. The Morgan fingerprint density at radius 3 is 2.40 bits per heavy atom. The maximum atomic E-state index is 9.37. The van der Waals surface area contributed by atoms with Crippen LogP contribution in [0.25, 0.3) is 0 Å². The summed E-state index contributed by atoms with van der Waals surface area (Å²) in [4.78, 5) is 0. The van der Waals surface area contributed by atoms with Crippen LogP contribution < -0.4 is 5.32 Å². The number of fused-ring (bicyclic) bond motifs is 1. The molecule has 1 aliphatic heterocycles. The Morgan fingerprint density at radius 2 is 1.76 bits per heavy atom. The van der Waals surface area contributed by atoms with E-state index in [0.717, 1.165) is 12.8 Å². The lowest BCUT2D eigenvalue weighted by Crippen LogP contribution is -2.31. The van der Waals surface area contributed by atoms with Crippen molar-refractivity contribution >= 4 is 5.69 Å². The highest BCUT2D eigenvalue weighted by atomic mass is 16.2. The molecule has 0 aromatic heterocycles. The van der Waals surface area contributed by atoms with E-state index in [1.807, 2.05) is 0 Å². The molecule has 2 heteroatoms. The van der Waals surface area contributed by atoms with Crippen molar-refractivity contribution in [2.75, 3.05) is 11.9 Å². The second-order valence-electron chi connectivity index (χ2n) is 8.40. The fraction of sp³-hybridized carbons (Fsp3) is 0.478. The first-order valence-electron chi connectivity index (χ1n) is 9.48. The molecular weight excluding hydrogens is 306 g/mol. The van der Waals surface area contributed by atoms with Crippen molar-refractivity contribution in [2.24, 2.45) is 5.92 Å². The molecule has 0 radical (unpaired) electrons. The van der Waals surface area contributed by atoms with E-state index in [1.54, 1.807) is 0 Å². The molecule has 2 N–H and O–H groups in total. The molecule has 1 heterocycles. The van der Waals surface area contributed by atoms with E-state index >= 15 is 0 Å². The molecule has 0 fully saturated rings. The summed E-state index contributed by atoms with van der Waals surface area (Å²) in [5.41, 5.74) is 5.56. The third-order valence-electron chi connectivity index (χ3n) is 5.64. The number of hydrogen-bond donors (Lipinski definition) is 2. The monoisotopic (exact) mass is 337 g/mol. The van der Waals surface area contributed by atoms with Crippen molar-refractivity contribution in [1.29, 1.82) is 0 Å². The van der Waals surface area contributed by atoms with Crippen molar-refractivity contribution in [2.45, 2.75) is 57.9 Å². The van der Waals surface area contributed by atoms with Crippen LogP contribution in [-0.4, -0.2) is 11.7 Å². The Balaban J connectivity index is 2.01. The van der Waals surface area contributed by atoms with Crippen molar-refractivity contribution in [3.63, 3.8) is 0 Å². The van der Waals surface area contributed by atoms with Crippen molar-refractivity contribution in [1.82, 2.24) is 0 Å². The fourth-order valence-electron chi connectivity index (χ4n) is 4.07. The Kier molecular flexibility index (Phi) is 5.19. The van der Waals surface area contributed by atoms with Gasteiger partial charge in [-0.15, -0.1) is 0 Å². The van der Waals surface area contributed by atoms with Crippen molar-refractivity contribution < 1.29 is 5.11 Å². The number of hydrogen-bond acceptors (Lipinski definition) is 2. The molecule has 3 rings (SSSR count). The first-order chi connectivity index (χ1) is 11.9. The molecule has 1 unspecified atom stereocenters. The quantitative estimate of drug-likeness (QED) is 0.756. The zero-order chi connectivity index (χ0) is 18.0. The van der Waals surface area contributed by atoms with Crippen molar-refractivity contribution in [3.8, 4) is 0 Å². The predicted molar refractivity (Wildman–Crippen MR) is 106 cm³/mol. The average molecular weight is 338 g/mol. The molecule has 2 nitrogen and oxygen atoms in total. The van der Waals surface area contributed by atoms with Crippen LogP contribution in [0.3, 0.4) is 0 Å². The van der Waals surface area contributed by atoms with Gasteiger partial charge in [-0.3, -0.25) is 0 Å². The molecule has 0 amide bonds. The first kappa shape index (κ1) is 18.0. The maximum absolute atomic E-state index is 9.37. The Bertz CT molecular complexity index is 702. The first-order valence-corrected chi connectivity index (χ1v) is 9.48. The number of anilines is 1. The smallest absolute Gasteiger partial charge is 0.0547 e. The molecule has 0 saturated carbocycles. The molecule has 25 heavy (non-hydrogen) atoms. The number of rotatable bonds is 4. The number of aliphatic hydroxyl groups is 1. The number of benzene rings is 2. The van der Waals surface area contributed by atoms with Crippen molar-refractivity contribution in [3.05, 3.63) is 65.2 Å². The summed E-state index contributed by atoms with van der Waals surface area (Å²) in [6, 6.07) is 17.9. The van der Waals surface area contributed by atoms with E-state index < -0.39 is 0 Å². The fourth-order valence-corrected chi connectivity index (χ4v) is 4.07. The summed E-state index contributed by atoms with van der Waals surface area (Å²) in [6.07, 6.45) is 1.89. The van der Waals surface area contributed by atoms with Crippen LogP contribution in [0.1, 0.15) is 69.2 Å². The van der Waals surface area contributed by atoms with E-state index in [0.29, 0.717) is 17.9 Å². The molecular formula is C23H31NO. The zero-order valence-electron chi connectivity index (χ0n) is 15.9. The molecule has 2 aromatic carbocycles. The number of aliphatic hydroxyl groups excluding tert-OH is 1. The van der Waals surface area contributed by atoms with Gasteiger partial charge in [0.1, 0.15) is 0 Å². The van der Waals surface area contributed by atoms with Crippen LogP contribution in [0.4, 0.5) is 5.69 Å². The van der Waals surface area contributed by atoms with Gasteiger partial charge in [0.05, 0.1) is 6.04 Å². The largest absolute Gasteiger partial charge is 0.396 e. The van der Waals surface area contributed by atoms with Crippen LogP contribution in [0.15, 0.2) is 48.5 Å². The van der Waals surface area contributed by atoms with Crippen LogP contribution in [0, 0.1) is 5.92 Å². The minimum absolute atomic E-state index is 0.158. The molecule has 0 bridgehead atoms. The Morgan fingerprint density at radius 1 is 1.04 bits per heavy atom. The minimum Gasteiger partial charge on any atom is -0.396 e. The van der Waals surface area contributed by atoms with Gasteiger partial charge < -0.3 is 10.4 Å². The van der Waals surface area contributed by atoms with Gasteiger partial charge in [-0.1, -0.05) is 70.2 Å². The summed E-state index contributed by atoms with van der Waals surface area (Å²) >= 11 is 0. The summed E-state index contributed by atoms with van der Waals surface area (Å²) in [7, 11) is 0. The van der Waals surface area contributed by atoms with Crippen LogP contribution >= 0.6 is 0 Å². The summed E-state index contributed by atoms with van der Waals surface area (Å²) in [5.74, 6) is 0.951. The molecule has 0 spiro atoms. The highest BCUT2D eigenvalue weighted by molar-refractivity contribution is 5.59. The van der Waals surface area contributed by atoms with Crippen LogP contribution in [0.5, 0.6) is 0 Å². The number of nitrogens with one attached hydrogen (secondary N) is 1. The molecule has 134 valence electrons. The maximum Gasteiger partial charge on any atom is 0.0547 e. The summed E-state index contributed by atoms with van der Waals surface area (Å²) < 4.78 is 0. The second kappa shape index (κ2) is 7.21. The second-order valence-corrected chi connectivity index (χ2v) is 8.40. The topological polar surface area (TPSA) is 32.3 Å². The van der Waals surface area contributed by atoms with E-state index in [-0.39, 0.29) is 12.0 Å². The van der Waals surface area contributed by atoms with Gasteiger partial charge in [0.15, 0.2) is 0 Å². The van der Waals surface area contributed by atoms with Gasteiger partial charge >= 0.3 is 0 Å². The lowest BCUT2D eigenvalue weighted by atomic mass is 9.72. The van der Waals surface area contributed by atoms with Gasteiger partial charge in [0.25, 0.3) is 0 Å². The molecule has 0 aliphatic carbocycles. The highest BCUT2D eigenvalue weighted by Gasteiger charge is 2.35. The molecule has 0 saturated heterocycles. The van der Waals surface area contributed by atoms with Gasteiger partial charge in [-0.05, 0) is 52.8 Å². The minimum atomic E-state index is 0.158. The molecule has 3 atom stereocenters. The van der Waals surface area contributed by atoms with Gasteiger partial charge in [0.2, 0.25) is 0 Å². The Labute approximate surface area is 152 Å². The highest BCUT2D eigenvalue weighted by Crippen LogP contribution is 2.47. The van der Waals surface area contributed by atoms with Gasteiger partial charge in [0, 0.05) is 12.3 Å². The standard InChI is InChI=1S/C23H31NO/c1-16-19(11-8-14-25)22(17-9-6-5-7-10-17)24-21-13-12-18(15-20(16)21)23(2,3)4/h5-7,9-10,12-13,15-16,19,22,24-25H,8,11,14H2,1-4H3/t16?,19-,22-/m1/s1. The van der Waals surface area contributed by atoms with Gasteiger partial charge in [-0.25, -0.2) is 0 Å². The third-order valence-corrected chi connectivity index (χ3v) is 5.64. The average Bonchev–Trinajstić information content (AvgIpc) is 2.60. The zero-order valence-corrected chi connectivity index (χ0v) is 15.9. The van der Waals surface area contributed by atoms with E-state index in [4.69, 9.17) is 0 Å². The lowest BCUT2D eigenvalue weighted by Gasteiger charge is -2.40. The molecule has 2 aromatic rings. The normalized spacial score (nSPS) is 23.0. The summed E-state index contributed by atoms with van der Waals surface area (Å²) in [6.45, 7) is 9.42. The van der Waals surface area contributed by atoms with Crippen LogP contribution in [-0.2, 0) is 5.41 Å².